The fourth-order valence-electron chi connectivity index (χ4n) is 8.80. The molecule has 0 aromatic rings. The van der Waals surface area contributed by atoms with E-state index in [9.17, 15) is 19.5 Å². The highest BCUT2D eigenvalue weighted by Crippen LogP contribution is 2.17. The van der Waals surface area contributed by atoms with Crippen molar-refractivity contribution in [2.24, 2.45) is 0 Å². The predicted octanol–water partition coefficient (Wildman–Crippen LogP) is 19.1. The van der Waals surface area contributed by atoms with Crippen LogP contribution in [0.4, 0.5) is 0 Å². The van der Waals surface area contributed by atoms with Gasteiger partial charge in [-0.3, -0.25) is 9.59 Å². The summed E-state index contributed by atoms with van der Waals surface area (Å²) in [5.41, 5.74) is 0. The van der Waals surface area contributed by atoms with Crippen LogP contribution in [0.2, 0.25) is 0 Å². The summed E-state index contributed by atoms with van der Waals surface area (Å²) in [7, 11) is 5.94. The van der Waals surface area contributed by atoms with Crippen molar-refractivity contribution in [1.29, 1.82) is 0 Å². The van der Waals surface area contributed by atoms with Crippen LogP contribution in [-0.4, -0.2) is 87.4 Å². The summed E-state index contributed by atoms with van der Waals surface area (Å²) in [5, 5.41) is 9.68. The van der Waals surface area contributed by atoms with Gasteiger partial charge in [0, 0.05) is 12.8 Å². The summed E-state index contributed by atoms with van der Waals surface area (Å²) in [5.74, 6) is -2.11. The molecule has 0 aliphatic rings. The number of carboxylic acids is 1. The van der Waals surface area contributed by atoms with Gasteiger partial charge in [0.25, 0.3) is 6.29 Å². The minimum atomic E-state index is -1.53. The first-order valence-electron chi connectivity index (χ1n) is 31.8. The van der Waals surface area contributed by atoms with Crippen LogP contribution in [0.3, 0.4) is 0 Å². The number of hydrogen-bond donors (Lipinski definition) is 1. The zero-order valence-electron chi connectivity index (χ0n) is 50.6. The summed E-state index contributed by atoms with van der Waals surface area (Å²) < 4.78 is 22.7. The van der Waals surface area contributed by atoms with Crippen molar-refractivity contribution in [2.75, 3.05) is 47.5 Å². The molecular weight excluding hydrogens is 959 g/mol. The van der Waals surface area contributed by atoms with Gasteiger partial charge in [-0.1, -0.05) is 266 Å². The maximum atomic E-state index is 12.8. The van der Waals surface area contributed by atoms with E-state index in [1.807, 2.05) is 33.3 Å². The molecule has 0 heterocycles. The number of unbranched alkanes of at least 4 members (excludes halogenated alkanes) is 29. The molecule has 444 valence electrons. The van der Waals surface area contributed by atoms with E-state index in [1.165, 1.54) is 180 Å². The predicted molar refractivity (Wildman–Crippen MR) is 327 cm³/mol. The number of rotatable bonds is 58. The Hall–Kier alpha value is -3.53. The highest BCUT2D eigenvalue weighted by molar-refractivity contribution is 5.71. The molecule has 77 heavy (non-hydrogen) atoms. The second kappa shape index (κ2) is 58.6. The zero-order valence-corrected chi connectivity index (χ0v) is 50.6. The molecule has 0 aliphatic heterocycles. The third-order valence-corrected chi connectivity index (χ3v) is 13.6. The smallest absolute Gasteiger partial charge is 0.361 e. The number of esters is 2. The van der Waals surface area contributed by atoms with Crippen molar-refractivity contribution in [3.8, 4) is 0 Å². The largest absolute Gasteiger partial charge is 0.477 e. The average Bonchev–Trinajstić information content (AvgIpc) is 3.40. The van der Waals surface area contributed by atoms with E-state index in [-0.39, 0.29) is 38.6 Å². The molecule has 0 saturated carbocycles. The molecule has 2 unspecified atom stereocenters. The van der Waals surface area contributed by atoms with E-state index in [4.69, 9.17) is 18.9 Å². The fourth-order valence-corrected chi connectivity index (χ4v) is 8.80. The molecule has 0 saturated heterocycles. The van der Waals surface area contributed by atoms with Crippen LogP contribution in [-0.2, 0) is 33.3 Å². The third-order valence-electron chi connectivity index (χ3n) is 13.6. The van der Waals surface area contributed by atoms with Gasteiger partial charge in [-0.15, -0.1) is 0 Å². The minimum Gasteiger partial charge on any atom is -0.477 e. The van der Waals surface area contributed by atoms with Crippen LogP contribution in [0.15, 0.2) is 85.1 Å². The standard InChI is InChI=1S/C68H119NO8/c1-6-8-10-12-14-16-18-20-21-22-23-24-25-26-27-28-29-30-31-32-33-34-35-36-37-38-39-40-41-42-43-44-45-47-48-50-52-54-56-58-65(70)75-62-64(63-76-68(67(72)73)74-61-60-69(3,4)5)77-66(71)59-57-55-53-51-49-46-19-17-15-13-11-9-7-2/h9,11,15,17-18,20,22-23,25-26,46,49,53,55,64,68H,6-8,10,12-14,16,19,21,24,27-45,47-48,50-52,54,56-63H2,1-5H3/p+1/b11-9-,17-15-,20-18-,23-22-,26-25-,49-46-,55-53-. The molecule has 0 radical (unpaired) electrons. The van der Waals surface area contributed by atoms with Crippen LogP contribution >= 0.6 is 0 Å². The second-order valence-corrected chi connectivity index (χ2v) is 22.3. The lowest BCUT2D eigenvalue weighted by molar-refractivity contribution is -0.870. The molecule has 0 bridgehead atoms. The molecule has 0 aromatic carbocycles. The molecule has 0 spiro atoms. The Bertz CT molecular complexity index is 1540. The molecular formula is C68H120NO8+. The van der Waals surface area contributed by atoms with Crippen LogP contribution in [0.25, 0.3) is 0 Å². The molecule has 2 atom stereocenters. The number of ether oxygens (including phenoxy) is 4. The fraction of sp³-hybridized carbons (Fsp3) is 0.750. The maximum absolute atomic E-state index is 12.8. The third kappa shape index (κ3) is 60.0. The SMILES string of the molecule is CC/C=C\C/C=C\C/C=C\C/C=C\CCC(=O)OC(COC(=O)CCCCCCCCCCCCCCCCCCCCCCCCCC/C=C\C/C=C\C/C=C\CCCCCCC)COC(OCC[N+](C)(C)C)C(=O)O. The summed E-state index contributed by atoms with van der Waals surface area (Å²) >= 11 is 0. The number of likely N-dealkylation sites (N-methyl/N-ethyl adjacent to an activating group) is 1. The van der Waals surface area contributed by atoms with Crippen molar-refractivity contribution >= 4 is 17.9 Å². The Kier molecular flexibility index (Phi) is 55.9. The highest BCUT2D eigenvalue weighted by atomic mass is 16.7. The number of hydrogen-bond acceptors (Lipinski definition) is 7. The lowest BCUT2D eigenvalue weighted by atomic mass is 10.0. The summed E-state index contributed by atoms with van der Waals surface area (Å²) in [6.45, 7) is 4.67. The molecule has 0 fully saturated rings. The molecule has 9 heteroatoms. The van der Waals surface area contributed by atoms with Gasteiger partial charge in [0.1, 0.15) is 13.2 Å². The zero-order chi connectivity index (χ0) is 56.2. The number of aliphatic carboxylic acids is 1. The number of nitrogens with zero attached hydrogens (tertiary/aromatic N) is 1. The maximum Gasteiger partial charge on any atom is 0.361 e. The summed E-state index contributed by atoms with van der Waals surface area (Å²) in [4.78, 5) is 37.3. The highest BCUT2D eigenvalue weighted by Gasteiger charge is 2.25. The number of quaternary nitrogens is 1. The van der Waals surface area contributed by atoms with Gasteiger partial charge in [-0.25, -0.2) is 4.79 Å². The van der Waals surface area contributed by atoms with E-state index in [0.717, 1.165) is 57.8 Å². The molecule has 9 nitrogen and oxygen atoms in total. The van der Waals surface area contributed by atoms with Gasteiger partial charge in [-0.05, 0) is 77.0 Å². The lowest BCUT2D eigenvalue weighted by Gasteiger charge is -2.25. The average molecular weight is 1080 g/mol. The number of carbonyl (C=O) groups is 3. The second-order valence-electron chi connectivity index (χ2n) is 22.3. The van der Waals surface area contributed by atoms with Gasteiger partial charge in [0.05, 0.1) is 34.4 Å². The molecule has 0 aliphatic carbocycles. The van der Waals surface area contributed by atoms with E-state index >= 15 is 0 Å². The van der Waals surface area contributed by atoms with Crippen molar-refractivity contribution in [3.63, 3.8) is 0 Å². The van der Waals surface area contributed by atoms with E-state index < -0.39 is 24.3 Å². The topological polar surface area (TPSA) is 108 Å². The van der Waals surface area contributed by atoms with Crippen molar-refractivity contribution in [3.05, 3.63) is 85.1 Å². The Labute approximate surface area is 474 Å². The first kappa shape index (κ1) is 73.5. The lowest BCUT2D eigenvalue weighted by Crippen LogP contribution is -2.40. The van der Waals surface area contributed by atoms with Crippen LogP contribution in [0.1, 0.15) is 271 Å². The van der Waals surface area contributed by atoms with Gasteiger partial charge >= 0.3 is 17.9 Å². The normalized spacial score (nSPS) is 13.3. The number of allylic oxidation sites excluding steroid dienone is 14. The quantitative estimate of drug-likeness (QED) is 0.0211. The Balaban J connectivity index is 3.96. The Morgan fingerprint density at radius 2 is 0.766 bits per heavy atom. The minimum absolute atomic E-state index is 0.138. The van der Waals surface area contributed by atoms with Crippen molar-refractivity contribution in [2.45, 2.75) is 283 Å². The van der Waals surface area contributed by atoms with E-state index in [0.29, 0.717) is 17.4 Å². The van der Waals surface area contributed by atoms with Crippen LogP contribution in [0, 0.1) is 0 Å². The van der Waals surface area contributed by atoms with Crippen molar-refractivity contribution < 1.29 is 42.9 Å². The van der Waals surface area contributed by atoms with Gasteiger partial charge < -0.3 is 28.5 Å². The molecule has 0 rings (SSSR count). The van der Waals surface area contributed by atoms with Crippen LogP contribution in [0.5, 0.6) is 0 Å². The molecule has 0 amide bonds. The van der Waals surface area contributed by atoms with Gasteiger partial charge in [-0.2, -0.15) is 0 Å². The Morgan fingerprint density at radius 1 is 0.403 bits per heavy atom. The first-order chi connectivity index (χ1) is 37.6. The van der Waals surface area contributed by atoms with E-state index in [1.54, 1.807) is 0 Å². The molecule has 1 N–H and O–H groups in total. The van der Waals surface area contributed by atoms with Gasteiger partial charge in [0.2, 0.25) is 0 Å². The summed E-state index contributed by atoms with van der Waals surface area (Å²) in [6, 6.07) is 0. The molecule has 0 aromatic heterocycles. The summed E-state index contributed by atoms with van der Waals surface area (Å²) in [6.07, 6.45) is 76.0. The Morgan fingerprint density at radius 3 is 1.16 bits per heavy atom. The number of carbonyl (C=O) groups excluding carboxylic acids is 2. The number of carboxylic acid groups (broad SMARTS) is 1. The van der Waals surface area contributed by atoms with Gasteiger partial charge in [0.15, 0.2) is 6.10 Å². The first-order valence-corrected chi connectivity index (χ1v) is 31.8. The monoisotopic (exact) mass is 1080 g/mol. The van der Waals surface area contributed by atoms with E-state index in [2.05, 4.69) is 86.8 Å². The van der Waals surface area contributed by atoms with Crippen LogP contribution < -0.4 is 0 Å². The van der Waals surface area contributed by atoms with Crippen molar-refractivity contribution in [1.82, 2.24) is 0 Å².